The van der Waals surface area contributed by atoms with Gasteiger partial charge in [-0.3, -0.25) is 9.59 Å². The van der Waals surface area contributed by atoms with Gasteiger partial charge in [-0.05, 0) is 54.1 Å². The van der Waals surface area contributed by atoms with Crippen LogP contribution < -0.4 is 20.1 Å². The summed E-state index contributed by atoms with van der Waals surface area (Å²) in [5.41, 5.74) is 1.14. The van der Waals surface area contributed by atoms with Crippen LogP contribution in [0.1, 0.15) is 26.3 Å². The van der Waals surface area contributed by atoms with Gasteiger partial charge in [0.05, 0.1) is 25.3 Å². The summed E-state index contributed by atoms with van der Waals surface area (Å²) in [6, 6.07) is 19.3. The molecule has 2 amide bonds. The molecule has 0 aliphatic rings. The number of benzene rings is 3. The van der Waals surface area contributed by atoms with Crippen LogP contribution in [0.2, 0.25) is 0 Å². The Labute approximate surface area is 190 Å². The first-order chi connectivity index (χ1) is 15.9. The maximum atomic E-state index is 13.0. The topological polar surface area (TPSA) is 114 Å². The lowest BCUT2D eigenvalue weighted by Crippen LogP contribution is -2.31. The van der Waals surface area contributed by atoms with E-state index in [0.29, 0.717) is 17.1 Å². The van der Waals surface area contributed by atoms with Crippen LogP contribution in [0.4, 0.5) is 5.69 Å². The number of hydrogen-bond donors (Lipinski definition) is 3. The van der Waals surface area contributed by atoms with Crippen LogP contribution in [0.3, 0.4) is 0 Å². The molecule has 0 saturated carbocycles. The predicted molar refractivity (Wildman–Crippen MR) is 123 cm³/mol. The molecule has 3 rings (SSSR count). The molecule has 3 aromatic carbocycles. The van der Waals surface area contributed by atoms with Crippen molar-refractivity contribution in [2.24, 2.45) is 0 Å². The van der Waals surface area contributed by atoms with E-state index in [2.05, 4.69) is 10.6 Å². The summed E-state index contributed by atoms with van der Waals surface area (Å²) < 4.78 is 10.4. The lowest BCUT2D eigenvalue weighted by atomic mass is 10.1. The average molecular weight is 446 g/mol. The molecule has 0 aromatic heterocycles. The monoisotopic (exact) mass is 446 g/mol. The van der Waals surface area contributed by atoms with E-state index in [-0.39, 0.29) is 22.5 Å². The van der Waals surface area contributed by atoms with Gasteiger partial charge in [0, 0.05) is 5.69 Å². The number of anilines is 1. The first-order valence-corrected chi connectivity index (χ1v) is 9.86. The molecule has 0 spiro atoms. The molecular formula is C25H22N2O6. The van der Waals surface area contributed by atoms with Gasteiger partial charge >= 0.3 is 5.97 Å². The third-order valence-corrected chi connectivity index (χ3v) is 4.64. The largest absolute Gasteiger partial charge is 0.497 e. The van der Waals surface area contributed by atoms with Gasteiger partial charge in [0.1, 0.15) is 17.2 Å². The van der Waals surface area contributed by atoms with Crippen LogP contribution in [0.25, 0.3) is 6.08 Å². The maximum absolute atomic E-state index is 13.0. The van der Waals surface area contributed by atoms with Gasteiger partial charge in [-0.1, -0.05) is 30.3 Å². The van der Waals surface area contributed by atoms with Crippen LogP contribution in [-0.2, 0) is 4.79 Å². The van der Waals surface area contributed by atoms with Crippen LogP contribution in [0.15, 0.2) is 78.5 Å². The number of carbonyl (C=O) groups excluding carboxylic acids is 2. The molecule has 3 aromatic rings. The summed E-state index contributed by atoms with van der Waals surface area (Å²) in [5.74, 6) is -1.29. The Balaban J connectivity index is 1.92. The van der Waals surface area contributed by atoms with Crippen molar-refractivity contribution in [2.45, 2.75) is 0 Å². The molecule has 8 heteroatoms. The summed E-state index contributed by atoms with van der Waals surface area (Å²) in [7, 11) is 2.99. The first-order valence-electron chi connectivity index (χ1n) is 9.86. The number of carboxylic acid groups (broad SMARTS) is 1. The molecule has 0 aliphatic carbocycles. The number of hydrogen-bond acceptors (Lipinski definition) is 5. The number of methoxy groups -OCH3 is 2. The highest BCUT2D eigenvalue weighted by atomic mass is 16.5. The van der Waals surface area contributed by atoms with Crippen molar-refractivity contribution in [1.29, 1.82) is 0 Å². The van der Waals surface area contributed by atoms with Crippen molar-refractivity contribution < 1.29 is 29.0 Å². The molecule has 168 valence electrons. The van der Waals surface area contributed by atoms with Crippen LogP contribution >= 0.6 is 0 Å². The molecule has 8 nitrogen and oxygen atoms in total. The predicted octanol–water partition coefficient (Wildman–Crippen LogP) is 3.81. The van der Waals surface area contributed by atoms with Gasteiger partial charge in [0.25, 0.3) is 11.8 Å². The van der Waals surface area contributed by atoms with E-state index in [1.165, 1.54) is 31.4 Å². The van der Waals surface area contributed by atoms with Crippen molar-refractivity contribution in [2.75, 3.05) is 19.5 Å². The Morgan fingerprint density at radius 1 is 0.879 bits per heavy atom. The Morgan fingerprint density at radius 2 is 1.61 bits per heavy atom. The van der Waals surface area contributed by atoms with E-state index in [0.717, 1.165) is 0 Å². The number of aromatic carboxylic acids is 1. The van der Waals surface area contributed by atoms with Crippen molar-refractivity contribution in [1.82, 2.24) is 5.32 Å². The molecule has 3 N–H and O–H groups in total. The van der Waals surface area contributed by atoms with Crippen molar-refractivity contribution in [3.8, 4) is 11.5 Å². The molecule has 0 heterocycles. The van der Waals surface area contributed by atoms with Gasteiger partial charge in [0.2, 0.25) is 0 Å². The molecule has 33 heavy (non-hydrogen) atoms. The first kappa shape index (κ1) is 23.1. The van der Waals surface area contributed by atoms with Gasteiger partial charge < -0.3 is 25.2 Å². The summed E-state index contributed by atoms with van der Waals surface area (Å²) in [6.45, 7) is 0. The average Bonchev–Trinajstić information content (AvgIpc) is 2.84. The second kappa shape index (κ2) is 10.6. The van der Waals surface area contributed by atoms with E-state index in [1.54, 1.807) is 61.7 Å². The molecular weight excluding hydrogens is 424 g/mol. The summed E-state index contributed by atoms with van der Waals surface area (Å²) >= 11 is 0. The zero-order valence-electron chi connectivity index (χ0n) is 18.0. The fraction of sp³-hybridized carbons (Fsp3) is 0.0800. The molecule has 0 atom stereocenters. The molecule has 0 aliphatic heterocycles. The summed E-state index contributed by atoms with van der Waals surface area (Å²) in [4.78, 5) is 37.2. The third kappa shape index (κ3) is 5.98. The van der Waals surface area contributed by atoms with E-state index >= 15 is 0 Å². The SMILES string of the molecule is COc1ccc(/C=C(/NC(=O)c2ccccc2OC)C(=O)Nc2cccc(C(=O)O)c2)cc1. The lowest BCUT2D eigenvalue weighted by Gasteiger charge is -2.13. The lowest BCUT2D eigenvalue weighted by molar-refractivity contribution is -0.113. The Bertz CT molecular complexity index is 1200. The standard InChI is InChI=1S/C25H22N2O6/c1-32-19-12-10-16(11-13-19)14-21(27-23(28)20-8-3-4-9-22(20)33-2)24(29)26-18-7-5-6-17(15-18)25(30)31/h3-15H,1-2H3,(H,26,29)(H,27,28)(H,30,31)/b21-14+. The molecule has 0 fully saturated rings. The van der Waals surface area contributed by atoms with Crippen molar-refractivity contribution in [3.63, 3.8) is 0 Å². The highest BCUT2D eigenvalue weighted by Crippen LogP contribution is 2.19. The molecule has 0 unspecified atom stereocenters. The van der Waals surface area contributed by atoms with Gasteiger partial charge in [0.15, 0.2) is 0 Å². The van der Waals surface area contributed by atoms with Crippen LogP contribution in [0, 0.1) is 0 Å². The minimum Gasteiger partial charge on any atom is -0.497 e. The number of carbonyl (C=O) groups is 3. The molecule has 0 bridgehead atoms. The Kier molecular flexibility index (Phi) is 7.43. The second-order valence-electron chi connectivity index (χ2n) is 6.83. The second-order valence-corrected chi connectivity index (χ2v) is 6.83. The number of carboxylic acids is 1. The van der Waals surface area contributed by atoms with Crippen LogP contribution in [-0.4, -0.2) is 37.1 Å². The highest BCUT2D eigenvalue weighted by molar-refractivity contribution is 6.11. The van der Waals surface area contributed by atoms with Gasteiger partial charge in [-0.2, -0.15) is 0 Å². The van der Waals surface area contributed by atoms with Gasteiger partial charge in [-0.15, -0.1) is 0 Å². The third-order valence-electron chi connectivity index (χ3n) is 4.64. The zero-order valence-corrected chi connectivity index (χ0v) is 18.0. The highest BCUT2D eigenvalue weighted by Gasteiger charge is 2.18. The number of amides is 2. The number of ether oxygens (including phenoxy) is 2. The normalized spacial score (nSPS) is 10.8. The number of para-hydroxylation sites is 1. The fourth-order valence-electron chi connectivity index (χ4n) is 2.98. The number of rotatable bonds is 8. The number of nitrogens with one attached hydrogen (secondary N) is 2. The van der Waals surface area contributed by atoms with Crippen molar-refractivity contribution in [3.05, 3.63) is 95.2 Å². The van der Waals surface area contributed by atoms with E-state index in [1.807, 2.05) is 0 Å². The quantitative estimate of drug-likeness (QED) is 0.454. The molecule has 0 radical (unpaired) electrons. The summed E-state index contributed by atoms with van der Waals surface area (Å²) in [5, 5.41) is 14.4. The van der Waals surface area contributed by atoms with Crippen molar-refractivity contribution >= 4 is 29.5 Å². The van der Waals surface area contributed by atoms with E-state index in [4.69, 9.17) is 9.47 Å². The minimum atomic E-state index is -1.12. The van der Waals surface area contributed by atoms with E-state index in [9.17, 15) is 19.5 Å². The smallest absolute Gasteiger partial charge is 0.335 e. The van der Waals surface area contributed by atoms with E-state index < -0.39 is 17.8 Å². The Morgan fingerprint density at radius 3 is 2.27 bits per heavy atom. The molecule has 0 saturated heterocycles. The fourth-order valence-corrected chi connectivity index (χ4v) is 2.98. The zero-order chi connectivity index (χ0) is 23.8. The Hall–Kier alpha value is -4.59. The summed E-state index contributed by atoms with van der Waals surface area (Å²) in [6.07, 6.45) is 1.50. The van der Waals surface area contributed by atoms with Crippen LogP contribution in [0.5, 0.6) is 11.5 Å². The van der Waals surface area contributed by atoms with Gasteiger partial charge in [-0.25, -0.2) is 4.79 Å². The maximum Gasteiger partial charge on any atom is 0.335 e. The minimum absolute atomic E-state index is 0.0199.